The van der Waals surface area contributed by atoms with E-state index >= 15 is 0 Å². The molecule has 1 heteroatoms. The summed E-state index contributed by atoms with van der Waals surface area (Å²) >= 11 is 0. The number of ketones is 1. The van der Waals surface area contributed by atoms with Crippen LogP contribution in [0.15, 0.2) is 12.1 Å². The number of carbonyl (C=O) groups excluding carboxylic acids is 1. The monoisotopic (exact) mass is 202 g/mol. The SMILES string of the molecule is CC(=O)c1ccc2c(c1C)C(C)CCC2. The highest BCUT2D eigenvalue weighted by molar-refractivity contribution is 5.96. The zero-order valence-corrected chi connectivity index (χ0v) is 9.76. The molecule has 1 aliphatic rings. The lowest BCUT2D eigenvalue weighted by atomic mass is 9.79. The molecule has 2 rings (SSSR count). The molecule has 0 aliphatic heterocycles. The number of hydrogen-bond acceptors (Lipinski definition) is 1. The third kappa shape index (κ3) is 1.71. The minimum absolute atomic E-state index is 0.188. The van der Waals surface area contributed by atoms with Gasteiger partial charge in [0.2, 0.25) is 0 Å². The Morgan fingerprint density at radius 1 is 1.40 bits per heavy atom. The molecule has 0 radical (unpaired) electrons. The van der Waals surface area contributed by atoms with Crippen molar-refractivity contribution in [2.24, 2.45) is 0 Å². The van der Waals surface area contributed by atoms with Gasteiger partial charge in [0.15, 0.2) is 5.78 Å². The molecule has 0 saturated heterocycles. The van der Waals surface area contributed by atoms with Gasteiger partial charge in [0.25, 0.3) is 0 Å². The number of carbonyl (C=O) groups is 1. The van der Waals surface area contributed by atoms with Crippen LogP contribution in [-0.4, -0.2) is 5.78 Å². The van der Waals surface area contributed by atoms with E-state index in [0.717, 1.165) is 5.56 Å². The van der Waals surface area contributed by atoms with Gasteiger partial charge in [-0.05, 0) is 55.7 Å². The summed E-state index contributed by atoms with van der Waals surface area (Å²) in [6, 6.07) is 4.14. The first-order valence-electron chi connectivity index (χ1n) is 5.74. The summed E-state index contributed by atoms with van der Waals surface area (Å²) in [7, 11) is 0. The quantitative estimate of drug-likeness (QED) is 0.635. The Hall–Kier alpha value is -1.11. The molecule has 0 aromatic heterocycles. The second-order valence-electron chi connectivity index (χ2n) is 4.66. The van der Waals surface area contributed by atoms with Crippen LogP contribution in [0.2, 0.25) is 0 Å². The number of hydrogen-bond donors (Lipinski definition) is 0. The molecule has 1 unspecified atom stereocenters. The van der Waals surface area contributed by atoms with Gasteiger partial charge in [-0.3, -0.25) is 4.79 Å². The van der Waals surface area contributed by atoms with E-state index in [1.807, 2.05) is 6.07 Å². The van der Waals surface area contributed by atoms with Crippen LogP contribution < -0.4 is 0 Å². The van der Waals surface area contributed by atoms with Crippen LogP contribution in [0.1, 0.15) is 59.7 Å². The first-order valence-corrected chi connectivity index (χ1v) is 5.74. The summed E-state index contributed by atoms with van der Waals surface area (Å²) < 4.78 is 0. The van der Waals surface area contributed by atoms with Gasteiger partial charge in [0, 0.05) is 5.56 Å². The smallest absolute Gasteiger partial charge is 0.160 e. The second-order valence-corrected chi connectivity index (χ2v) is 4.66. The number of benzene rings is 1. The second kappa shape index (κ2) is 3.80. The van der Waals surface area contributed by atoms with Crippen LogP contribution in [0.4, 0.5) is 0 Å². The van der Waals surface area contributed by atoms with Crippen molar-refractivity contribution in [1.82, 2.24) is 0 Å². The van der Waals surface area contributed by atoms with Crippen LogP contribution in [0, 0.1) is 6.92 Å². The van der Waals surface area contributed by atoms with E-state index in [-0.39, 0.29) is 5.78 Å². The summed E-state index contributed by atoms with van der Waals surface area (Å²) in [6.45, 7) is 6.02. The van der Waals surface area contributed by atoms with Crippen LogP contribution in [0.5, 0.6) is 0 Å². The zero-order valence-electron chi connectivity index (χ0n) is 9.76. The Balaban J connectivity index is 2.59. The molecule has 1 atom stereocenters. The van der Waals surface area contributed by atoms with Crippen LogP contribution in [0.3, 0.4) is 0 Å². The number of Topliss-reactive ketones (excluding diaryl/α,β-unsaturated/α-hetero) is 1. The molecule has 80 valence electrons. The van der Waals surface area contributed by atoms with Gasteiger partial charge in [-0.25, -0.2) is 0 Å². The average molecular weight is 202 g/mol. The van der Waals surface area contributed by atoms with Crippen molar-refractivity contribution >= 4 is 5.78 Å². The molecule has 0 N–H and O–H groups in total. The predicted octanol–water partition coefficient (Wildman–Crippen LogP) is 3.64. The van der Waals surface area contributed by atoms with Gasteiger partial charge in [-0.1, -0.05) is 19.1 Å². The molecule has 0 saturated carbocycles. The normalized spacial score (nSPS) is 19.8. The van der Waals surface area contributed by atoms with Crippen molar-refractivity contribution in [2.75, 3.05) is 0 Å². The fourth-order valence-electron chi connectivity index (χ4n) is 2.81. The average Bonchev–Trinajstić information content (AvgIpc) is 2.17. The molecule has 1 aromatic rings. The molecule has 1 aliphatic carbocycles. The summed E-state index contributed by atoms with van der Waals surface area (Å²) in [5.41, 5.74) is 5.01. The Morgan fingerprint density at radius 3 is 2.80 bits per heavy atom. The zero-order chi connectivity index (χ0) is 11.0. The minimum atomic E-state index is 0.188. The predicted molar refractivity (Wildman–Crippen MR) is 62.5 cm³/mol. The van der Waals surface area contributed by atoms with E-state index in [2.05, 4.69) is 19.9 Å². The van der Waals surface area contributed by atoms with Gasteiger partial charge < -0.3 is 0 Å². The highest BCUT2D eigenvalue weighted by Crippen LogP contribution is 2.34. The van der Waals surface area contributed by atoms with Gasteiger partial charge in [0.05, 0.1) is 0 Å². The maximum atomic E-state index is 11.5. The van der Waals surface area contributed by atoms with Crippen molar-refractivity contribution in [3.63, 3.8) is 0 Å². The summed E-state index contributed by atoms with van der Waals surface area (Å²) in [5.74, 6) is 0.807. The Labute approximate surface area is 91.5 Å². The maximum absolute atomic E-state index is 11.5. The Bertz CT molecular complexity index is 404. The van der Waals surface area contributed by atoms with E-state index < -0.39 is 0 Å². The van der Waals surface area contributed by atoms with Crippen LogP contribution in [0.25, 0.3) is 0 Å². The third-order valence-corrected chi connectivity index (χ3v) is 3.56. The fraction of sp³-hybridized carbons (Fsp3) is 0.500. The fourth-order valence-corrected chi connectivity index (χ4v) is 2.81. The van der Waals surface area contributed by atoms with Crippen LogP contribution in [-0.2, 0) is 6.42 Å². The van der Waals surface area contributed by atoms with E-state index in [9.17, 15) is 4.79 Å². The van der Waals surface area contributed by atoms with Crippen molar-refractivity contribution in [1.29, 1.82) is 0 Å². The number of rotatable bonds is 1. The van der Waals surface area contributed by atoms with Gasteiger partial charge in [-0.2, -0.15) is 0 Å². The van der Waals surface area contributed by atoms with Crippen molar-refractivity contribution in [2.45, 2.75) is 46.0 Å². The summed E-state index contributed by atoms with van der Waals surface area (Å²) in [5, 5.41) is 0. The lowest BCUT2D eigenvalue weighted by Crippen LogP contribution is -2.11. The largest absolute Gasteiger partial charge is 0.295 e. The Kier molecular flexibility index (Phi) is 2.64. The van der Waals surface area contributed by atoms with E-state index in [4.69, 9.17) is 0 Å². The van der Waals surface area contributed by atoms with E-state index in [1.54, 1.807) is 6.92 Å². The molecule has 0 fully saturated rings. The van der Waals surface area contributed by atoms with Crippen molar-refractivity contribution < 1.29 is 4.79 Å². The number of fused-ring (bicyclic) bond motifs is 1. The summed E-state index contributed by atoms with van der Waals surface area (Å²) in [6.07, 6.45) is 3.72. The topological polar surface area (TPSA) is 17.1 Å². The number of aryl methyl sites for hydroxylation is 1. The standard InChI is InChI=1S/C14H18O/c1-9-5-4-6-12-7-8-13(11(3)15)10(2)14(9)12/h7-9H,4-6H2,1-3H3. The highest BCUT2D eigenvalue weighted by Gasteiger charge is 2.20. The van der Waals surface area contributed by atoms with Crippen LogP contribution >= 0.6 is 0 Å². The minimum Gasteiger partial charge on any atom is -0.295 e. The maximum Gasteiger partial charge on any atom is 0.160 e. The lowest BCUT2D eigenvalue weighted by molar-refractivity contribution is 0.101. The molecule has 1 aromatic carbocycles. The molecule has 0 spiro atoms. The van der Waals surface area contributed by atoms with Gasteiger partial charge >= 0.3 is 0 Å². The van der Waals surface area contributed by atoms with Crippen molar-refractivity contribution in [3.05, 3.63) is 34.4 Å². The van der Waals surface area contributed by atoms with Gasteiger partial charge in [0.1, 0.15) is 0 Å². The van der Waals surface area contributed by atoms with Crippen molar-refractivity contribution in [3.8, 4) is 0 Å². The molecule has 15 heavy (non-hydrogen) atoms. The third-order valence-electron chi connectivity index (χ3n) is 3.56. The van der Waals surface area contributed by atoms with Gasteiger partial charge in [-0.15, -0.1) is 0 Å². The summed E-state index contributed by atoms with van der Waals surface area (Å²) in [4.78, 5) is 11.5. The first kappa shape index (κ1) is 10.4. The lowest BCUT2D eigenvalue weighted by Gasteiger charge is -2.25. The molecule has 0 amide bonds. The molecular weight excluding hydrogens is 184 g/mol. The van der Waals surface area contributed by atoms with E-state index in [1.165, 1.54) is 36.0 Å². The molecule has 0 bridgehead atoms. The van der Waals surface area contributed by atoms with E-state index in [0.29, 0.717) is 5.92 Å². The molecule has 0 heterocycles. The Morgan fingerprint density at radius 2 is 2.13 bits per heavy atom. The molecular formula is C14H18O. The molecule has 1 nitrogen and oxygen atoms in total. The first-order chi connectivity index (χ1) is 7.11. The highest BCUT2D eigenvalue weighted by atomic mass is 16.1.